The van der Waals surface area contributed by atoms with Crippen LogP contribution in [0.25, 0.3) is 0 Å². The van der Waals surface area contributed by atoms with Crippen LogP contribution >= 0.6 is 12.8 Å². The van der Waals surface area contributed by atoms with E-state index in [4.69, 9.17) is 4.74 Å². The molecule has 0 aromatic carbocycles. The quantitative estimate of drug-likeness (QED) is 0.608. The van der Waals surface area contributed by atoms with E-state index in [9.17, 15) is 9.59 Å². The summed E-state index contributed by atoms with van der Waals surface area (Å²) < 4.78 is 7.84. The molecular formula is C13H24N2O3S. The van der Waals surface area contributed by atoms with Gasteiger partial charge in [-0.25, -0.2) is 0 Å². The van der Waals surface area contributed by atoms with Crippen LogP contribution in [0.4, 0.5) is 0 Å². The molecule has 1 heterocycles. The molecule has 6 heteroatoms. The number of esters is 1. The molecule has 0 aliphatic carbocycles. The van der Waals surface area contributed by atoms with Crippen molar-refractivity contribution in [3.05, 3.63) is 0 Å². The maximum absolute atomic E-state index is 12.2. The highest BCUT2D eigenvalue weighted by Gasteiger charge is 2.28. The number of rotatable bonds is 4. The Balaban J connectivity index is 2.52. The Labute approximate surface area is 120 Å². The maximum Gasteiger partial charge on any atom is 0.308 e. The summed E-state index contributed by atoms with van der Waals surface area (Å²) in [5.41, 5.74) is -0.535. The molecule has 1 fully saturated rings. The first-order valence-electron chi connectivity index (χ1n) is 6.74. The lowest BCUT2D eigenvalue weighted by molar-refractivity contribution is -0.157. The predicted molar refractivity (Wildman–Crippen MR) is 76.8 cm³/mol. The topological polar surface area (TPSA) is 58.6 Å². The molecule has 0 bridgehead atoms. The molecule has 19 heavy (non-hydrogen) atoms. The Morgan fingerprint density at radius 3 is 2.32 bits per heavy atom. The van der Waals surface area contributed by atoms with Gasteiger partial charge in [0, 0.05) is 13.1 Å². The van der Waals surface area contributed by atoms with Crippen LogP contribution in [-0.2, 0) is 14.3 Å². The summed E-state index contributed by atoms with van der Waals surface area (Å²) in [6, 6.07) is -0.615. The van der Waals surface area contributed by atoms with Crippen molar-refractivity contribution >= 4 is 24.7 Å². The third-order valence-corrected chi connectivity index (χ3v) is 3.22. The van der Waals surface area contributed by atoms with Crippen molar-refractivity contribution in [2.24, 2.45) is 0 Å². The van der Waals surface area contributed by atoms with Crippen LogP contribution < -0.4 is 4.72 Å². The van der Waals surface area contributed by atoms with Crippen LogP contribution in [0.1, 0.15) is 46.5 Å². The Morgan fingerprint density at radius 2 is 1.84 bits per heavy atom. The molecule has 0 aromatic heterocycles. The van der Waals surface area contributed by atoms with Gasteiger partial charge >= 0.3 is 5.97 Å². The number of nitrogens with zero attached hydrogens (tertiary/aromatic N) is 1. The Hall–Kier alpha value is -0.750. The van der Waals surface area contributed by atoms with E-state index in [0.29, 0.717) is 0 Å². The number of hydrogen-bond acceptors (Lipinski definition) is 5. The number of ether oxygens (including phenoxy) is 1. The van der Waals surface area contributed by atoms with Crippen LogP contribution in [0, 0.1) is 0 Å². The first-order chi connectivity index (χ1) is 8.83. The van der Waals surface area contributed by atoms with E-state index in [1.807, 2.05) is 0 Å². The minimum atomic E-state index is -0.615. The number of hydrogen-bond donors (Lipinski definition) is 2. The molecular weight excluding hydrogens is 264 g/mol. The van der Waals surface area contributed by atoms with Gasteiger partial charge in [-0.3, -0.25) is 14.3 Å². The molecule has 5 nitrogen and oxygen atoms in total. The van der Waals surface area contributed by atoms with E-state index in [0.717, 1.165) is 32.4 Å². The summed E-state index contributed by atoms with van der Waals surface area (Å²) in [5, 5.41) is 0. The monoisotopic (exact) mass is 288 g/mol. The third-order valence-electron chi connectivity index (χ3n) is 2.91. The average molecular weight is 288 g/mol. The minimum absolute atomic E-state index is 0.0100. The van der Waals surface area contributed by atoms with Crippen LogP contribution in [0.15, 0.2) is 0 Å². The maximum atomic E-state index is 12.2. The molecule has 1 saturated heterocycles. The molecule has 0 spiro atoms. The van der Waals surface area contributed by atoms with Gasteiger partial charge < -0.3 is 9.64 Å². The summed E-state index contributed by atoms with van der Waals surface area (Å²) >= 11 is 3.96. The third kappa shape index (κ3) is 5.82. The van der Waals surface area contributed by atoms with E-state index >= 15 is 0 Å². The molecule has 0 aromatic rings. The zero-order valence-corrected chi connectivity index (χ0v) is 12.8. The summed E-state index contributed by atoms with van der Waals surface area (Å²) in [6.07, 6.45) is 3.22. The lowest BCUT2D eigenvalue weighted by Crippen LogP contribution is -2.47. The molecule has 1 unspecified atom stereocenters. The number of piperidine rings is 1. The first-order valence-corrected chi connectivity index (χ1v) is 7.18. The molecule has 1 amide bonds. The van der Waals surface area contributed by atoms with Gasteiger partial charge in [0.15, 0.2) is 0 Å². The van der Waals surface area contributed by atoms with Gasteiger partial charge in [-0.1, -0.05) is 12.8 Å². The van der Waals surface area contributed by atoms with Crippen molar-refractivity contribution in [1.82, 2.24) is 9.62 Å². The zero-order chi connectivity index (χ0) is 14.5. The highest BCUT2D eigenvalue weighted by Crippen LogP contribution is 2.14. The van der Waals surface area contributed by atoms with Gasteiger partial charge in [-0.05, 0) is 40.0 Å². The van der Waals surface area contributed by atoms with Crippen molar-refractivity contribution in [3.63, 3.8) is 0 Å². The number of likely N-dealkylation sites (tertiary alicyclic amines) is 1. The first kappa shape index (κ1) is 16.3. The van der Waals surface area contributed by atoms with E-state index in [1.165, 1.54) is 0 Å². The normalized spacial score (nSPS) is 18.0. The summed E-state index contributed by atoms with van der Waals surface area (Å²) in [5.74, 6) is -0.454. The van der Waals surface area contributed by atoms with Crippen molar-refractivity contribution in [2.45, 2.75) is 58.1 Å². The largest absolute Gasteiger partial charge is 0.460 e. The Morgan fingerprint density at radius 1 is 1.26 bits per heavy atom. The second-order valence-electron chi connectivity index (χ2n) is 5.86. The lowest BCUT2D eigenvalue weighted by atomic mass is 10.1. The average Bonchev–Trinajstić information content (AvgIpc) is 2.34. The predicted octanol–water partition coefficient (Wildman–Crippen LogP) is 1.53. The standard InChI is InChI=1S/C13H24N2O3S/c1-13(2,3)18-11(16)9-10(14-19)12(17)15-7-5-4-6-8-15/h10,14,19H,4-9H2,1-3H3. The molecule has 1 aliphatic rings. The number of carbonyl (C=O) groups is 2. The SMILES string of the molecule is CC(C)(C)OC(=O)CC(NS)C(=O)N1CCCCC1. The summed E-state index contributed by atoms with van der Waals surface area (Å²) in [4.78, 5) is 25.8. The van der Waals surface area contributed by atoms with Crippen LogP contribution in [-0.4, -0.2) is 41.5 Å². The van der Waals surface area contributed by atoms with Gasteiger partial charge in [-0.2, -0.15) is 0 Å². The fourth-order valence-corrected chi connectivity index (χ4v) is 2.27. The highest BCUT2D eigenvalue weighted by molar-refractivity contribution is 7.78. The van der Waals surface area contributed by atoms with Gasteiger partial charge in [0.25, 0.3) is 0 Å². The fraction of sp³-hybridized carbons (Fsp3) is 0.846. The van der Waals surface area contributed by atoms with Crippen LogP contribution in [0.5, 0.6) is 0 Å². The molecule has 1 rings (SSSR count). The van der Waals surface area contributed by atoms with Crippen molar-refractivity contribution in [3.8, 4) is 0 Å². The smallest absolute Gasteiger partial charge is 0.308 e. The Kier molecular flexibility index (Phi) is 6.13. The van der Waals surface area contributed by atoms with Crippen molar-refractivity contribution < 1.29 is 14.3 Å². The van der Waals surface area contributed by atoms with Gasteiger partial charge in [-0.15, -0.1) is 0 Å². The fourth-order valence-electron chi connectivity index (χ4n) is 2.07. The van der Waals surface area contributed by atoms with Crippen molar-refractivity contribution in [2.75, 3.05) is 13.1 Å². The van der Waals surface area contributed by atoms with Crippen LogP contribution in [0.2, 0.25) is 0 Å². The van der Waals surface area contributed by atoms with Gasteiger partial charge in [0.2, 0.25) is 5.91 Å². The van der Waals surface area contributed by atoms with E-state index in [1.54, 1.807) is 25.7 Å². The zero-order valence-electron chi connectivity index (χ0n) is 11.9. The summed E-state index contributed by atoms with van der Waals surface area (Å²) in [7, 11) is 0. The molecule has 1 atom stereocenters. The molecule has 0 radical (unpaired) electrons. The number of carbonyl (C=O) groups excluding carboxylic acids is 2. The van der Waals surface area contributed by atoms with E-state index < -0.39 is 11.6 Å². The number of thiol groups is 1. The Bertz CT molecular complexity index is 322. The molecule has 0 saturated carbocycles. The second kappa shape index (κ2) is 7.14. The minimum Gasteiger partial charge on any atom is -0.460 e. The number of nitrogens with one attached hydrogen (secondary N) is 1. The van der Waals surface area contributed by atoms with Crippen molar-refractivity contribution in [1.29, 1.82) is 0 Å². The summed E-state index contributed by atoms with van der Waals surface area (Å²) in [6.45, 7) is 6.94. The molecule has 1 aliphatic heterocycles. The van der Waals surface area contributed by atoms with E-state index in [2.05, 4.69) is 17.5 Å². The van der Waals surface area contributed by atoms with Crippen LogP contribution in [0.3, 0.4) is 0 Å². The van der Waals surface area contributed by atoms with E-state index in [-0.39, 0.29) is 18.3 Å². The van der Waals surface area contributed by atoms with Gasteiger partial charge in [0.1, 0.15) is 11.6 Å². The molecule has 110 valence electrons. The molecule has 1 N–H and O–H groups in total. The number of amides is 1. The highest BCUT2D eigenvalue weighted by atomic mass is 32.1. The second-order valence-corrected chi connectivity index (χ2v) is 6.12. The van der Waals surface area contributed by atoms with Gasteiger partial charge in [0.05, 0.1) is 6.42 Å². The lowest BCUT2D eigenvalue weighted by Gasteiger charge is -2.30.